The highest BCUT2D eigenvalue weighted by Gasteiger charge is 2.59. The molecule has 0 spiro atoms. The maximum Gasteiger partial charge on any atom is 0.262 e. The van der Waals surface area contributed by atoms with E-state index in [4.69, 9.17) is 10.1 Å². The number of para-hydroxylation sites is 1. The van der Waals surface area contributed by atoms with Gasteiger partial charge in [-0.2, -0.15) is 5.26 Å². The van der Waals surface area contributed by atoms with Crippen molar-refractivity contribution in [2.45, 2.75) is 18.7 Å². The Labute approximate surface area is 179 Å². The van der Waals surface area contributed by atoms with Crippen LogP contribution in [0.1, 0.15) is 22.7 Å². The molecule has 2 heterocycles. The lowest BCUT2D eigenvalue weighted by Gasteiger charge is -2.28. The van der Waals surface area contributed by atoms with Gasteiger partial charge in [0.1, 0.15) is 5.92 Å². The maximum absolute atomic E-state index is 13.4. The predicted molar refractivity (Wildman–Crippen MR) is 113 cm³/mol. The van der Waals surface area contributed by atoms with Gasteiger partial charge >= 0.3 is 0 Å². The van der Waals surface area contributed by atoms with Gasteiger partial charge in [-0.15, -0.1) is 0 Å². The largest absolute Gasteiger partial charge is 0.275 e. The number of imide groups is 1. The molecule has 152 valence electrons. The molecule has 2 fully saturated rings. The average molecular weight is 409 g/mol. The summed E-state index contributed by atoms with van der Waals surface area (Å²) in [5, 5.41) is 10.8. The van der Waals surface area contributed by atoms with Crippen LogP contribution in [0.4, 0.5) is 5.69 Å². The van der Waals surface area contributed by atoms with Gasteiger partial charge in [0.15, 0.2) is 6.10 Å². The standard InChI is InChI=1S/C25H19N3O3/c26-15-17-11-13-19(14-12-17)22-21-23(31-28(22)20-9-5-2-6-10-20)25(30)27(24(21)29)16-18-7-3-1-4-8-18/h1-14,21-23H,16H2/t21-,22-,23-/m0/s1. The van der Waals surface area contributed by atoms with Gasteiger partial charge in [-0.1, -0.05) is 60.7 Å². The first-order valence-electron chi connectivity index (χ1n) is 10.1. The van der Waals surface area contributed by atoms with Crippen LogP contribution in [-0.2, 0) is 21.0 Å². The van der Waals surface area contributed by atoms with E-state index < -0.39 is 18.1 Å². The summed E-state index contributed by atoms with van der Waals surface area (Å²) in [5.74, 6) is -1.23. The molecule has 3 aromatic rings. The molecule has 0 saturated carbocycles. The zero-order valence-corrected chi connectivity index (χ0v) is 16.6. The highest BCUT2D eigenvalue weighted by Crippen LogP contribution is 2.46. The van der Waals surface area contributed by atoms with Gasteiger partial charge < -0.3 is 0 Å². The van der Waals surface area contributed by atoms with Crippen molar-refractivity contribution in [3.63, 3.8) is 0 Å². The van der Waals surface area contributed by atoms with Crippen molar-refractivity contribution >= 4 is 17.5 Å². The lowest BCUT2D eigenvalue weighted by molar-refractivity contribution is -0.143. The third-order valence-corrected chi connectivity index (χ3v) is 5.78. The number of likely N-dealkylation sites (tertiary alicyclic amines) is 1. The molecular formula is C25H19N3O3. The van der Waals surface area contributed by atoms with Crippen molar-refractivity contribution < 1.29 is 14.4 Å². The number of amides is 2. The number of hydrogen-bond acceptors (Lipinski definition) is 5. The third-order valence-electron chi connectivity index (χ3n) is 5.78. The van der Waals surface area contributed by atoms with Crippen LogP contribution >= 0.6 is 0 Å². The molecule has 3 atom stereocenters. The zero-order valence-electron chi connectivity index (χ0n) is 16.6. The fourth-order valence-electron chi connectivity index (χ4n) is 4.29. The van der Waals surface area contributed by atoms with Crippen LogP contribution < -0.4 is 5.06 Å². The number of fused-ring (bicyclic) bond motifs is 1. The van der Waals surface area contributed by atoms with Crippen LogP contribution in [0.15, 0.2) is 84.9 Å². The van der Waals surface area contributed by atoms with Gasteiger partial charge in [-0.25, -0.2) is 5.06 Å². The van der Waals surface area contributed by atoms with E-state index in [9.17, 15) is 9.59 Å². The number of carbonyl (C=O) groups excluding carboxylic acids is 2. The molecule has 0 unspecified atom stereocenters. The highest BCUT2D eigenvalue weighted by atomic mass is 16.7. The second-order valence-corrected chi connectivity index (χ2v) is 7.64. The van der Waals surface area contributed by atoms with E-state index >= 15 is 0 Å². The van der Waals surface area contributed by atoms with Gasteiger partial charge in [0.05, 0.1) is 29.9 Å². The first kappa shape index (κ1) is 19.0. The average Bonchev–Trinajstić information content (AvgIpc) is 3.32. The summed E-state index contributed by atoms with van der Waals surface area (Å²) < 4.78 is 0. The number of nitriles is 1. The Morgan fingerprint density at radius 2 is 1.48 bits per heavy atom. The summed E-state index contributed by atoms with van der Waals surface area (Å²) in [4.78, 5) is 34.0. The van der Waals surface area contributed by atoms with E-state index in [0.29, 0.717) is 5.56 Å². The molecule has 5 rings (SSSR count). The Morgan fingerprint density at radius 1 is 0.839 bits per heavy atom. The third kappa shape index (κ3) is 3.25. The first-order chi connectivity index (χ1) is 15.2. The van der Waals surface area contributed by atoms with Crippen LogP contribution in [0, 0.1) is 17.2 Å². The normalized spacial score (nSPS) is 22.5. The number of rotatable bonds is 4. The van der Waals surface area contributed by atoms with E-state index in [0.717, 1.165) is 16.8 Å². The molecule has 0 bridgehead atoms. The van der Waals surface area contributed by atoms with Gasteiger partial charge in [0, 0.05) is 0 Å². The summed E-state index contributed by atoms with van der Waals surface area (Å²) >= 11 is 0. The number of benzene rings is 3. The fourth-order valence-corrected chi connectivity index (χ4v) is 4.29. The van der Waals surface area contributed by atoms with Gasteiger partial charge in [0.25, 0.3) is 5.91 Å². The van der Waals surface area contributed by atoms with E-state index in [1.165, 1.54) is 4.90 Å². The number of anilines is 1. The Kier molecular flexibility index (Phi) is 4.73. The van der Waals surface area contributed by atoms with Crippen LogP contribution in [0.2, 0.25) is 0 Å². The minimum Gasteiger partial charge on any atom is -0.275 e. The molecule has 31 heavy (non-hydrogen) atoms. The van der Waals surface area contributed by atoms with Crippen LogP contribution in [0.5, 0.6) is 0 Å². The second-order valence-electron chi connectivity index (χ2n) is 7.64. The summed E-state index contributed by atoms with van der Waals surface area (Å²) in [6.45, 7) is 0.223. The topological polar surface area (TPSA) is 73.6 Å². The molecule has 2 saturated heterocycles. The smallest absolute Gasteiger partial charge is 0.262 e. The Bertz CT molecular complexity index is 1160. The summed E-state index contributed by atoms with van der Waals surface area (Å²) in [7, 11) is 0. The molecule has 6 heteroatoms. The van der Waals surface area contributed by atoms with E-state index in [-0.39, 0.29) is 18.4 Å². The Morgan fingerprint density at radius 3 is 2.13 bits per heavy atom. The minimum absolute atomic E-state index is 0.223. The fraction of sp³-hybridized carbons (Fsp3) is 0.160. The van der Waals surface area contributed by atoms with E-state index in [2.05, 4.69) is 6.07 Å². The molecule has 0 aromatic heterocycles. The second kappa shape index (κ2) is 7.71. The SMILES string of the molecule is N#Cc1ccc([C@H]2[C@@H]3C(=O)N(Cc4ccccc4)C(=O)[C@H]3ON2c2ccccc2)cc1. The monoisotopic (exact) mass is 409 g/mol. The van der Waals surface area contributed by atoms with E-state index in [1.54, 1.807) is 17.2 Å². The van der Waals surface area contributed by atoms with Gasteiger partial charge in [-0.05, 0) is 35.4 Å². The number of hydrogen-bond donors (Lipinski definition) is 0. The maximum atomic E-state index is 13.4. The van der Waals surface area contributed by atoms with Crippen molar-refractivity contribution in [1.82, 2.24) is 4.90 Å². The summed E-state index contributed by atoms with van der Waals surface area (Å²) in [6.07, 6.45) is -0.878. The van der Waals surface area contributed by atoms with Crippen molar-refractivity contribution in [2.75, 3.05) is 5.06 Å². The lowest BCUT2D eigenvalue weighted by Crippen LogP contribution is -2.36. The van der Waals surface area contributed by atoms with E-state index in [1.807, 2.05) is 72.8 Å². The van der Waals surface area contributed by atoms with Crippen molar-refractivity contribution in [3.05, 3.63) is 102 Å². The number of carbonyl (C=O) groups is 2. The minimum atomic E-state index is -0.878. The molecule has 3 aromatic carbocycles. The Balaban J connectivity index is 1.52. The van der Waals surface area contributed by atoms with Gasteiger partial charge in [0.2, 0.25) is 5.91 Å². The predicted octanol–water partition coefficient (Wildman–Crippen LogP) is 3.60. The quantitative estimate of drug-likeness (QED) is 0.616. The lowest BCUT2D eigenvalue weighted by atomic mass is 9.90. The number of nitrogens with zero attached hydrogens (tertiary/aromatic N) is 3. The van der Waals surface area contributed by atoms with Gasteiger partial charge in [-0.3, -0.25) is 19.3 Å². The molecule has 0 radical (unpaired) electrons. The molecule has 0 aliphatic carbocycles. The van der Waals surface area contributed by atoms with Crippen LogP contribution in [0.3, 0.4) is 0 Å². The molecular weight excluding hydrogens is 390 g/mol. The van der Waals surface area contributed by atoms with Crippen LogP contribution in [0.25, 0.3) is 0 Å². The van der Waals surface area contributed by atoms with Crippen molar-refractivity contribution in [1.29, 1.82) is 5.26 Å². The molecule has 6 nitrogen and oxygen atoms in total. The highest BCUT2D eigenvalue weighted by molar-refractivity contribution is 6.07. The number of hydroxylamine groups is 1. The summed E-state index contributed by atoms with van der Waals surface area (Å²) in [5.41, 5.74) is 3.00. The van der Waals surface area contributed by atoms with Crippen LogP contribution in [-0.4, -0.2) is 22.8 Å². The Hall–Kier alpha value is -3.95. The van der Waals surface area contributed by atoms with Crippen molar-refractivity contribution in [2.24, 2.45) is 5.92 Å². The van der Waals surface area contributed by atoms with Crippen molar-refractivity contribution in [3.8, 4) is 6.07 Å². The molecule has 2 amide bonds. The first-order valence-corrected chi connectivity index (χ1v) is 10.1. The molecule has 2 aliphatic rings. The zero-order chi connectivity index (χ0) is 21.4. The molecule has 2 aliphatic heterocycles. The summed E-state index contributed by atoms with van der Waals surface area (Å²) in [6, 6.07) is 27.6. The molecule has 0 N–H and O–H groups in total.